The fourth-order valence-corrected chi connectivity index (χ4v) is 8.65. The fourth-order valence-electron chi connectivity index (χ4n) is 8.65. The zero-order valence-corrected chi connectivity index (χ0v) is 31.7. The second-order valence-electron chi connectivity index (χ2n) is 14.9. The van der Waals surface area contributed by atoms with E-state index in [2.05, 4.69) is 206 Å². The van der Waals surface area contributed by atoms with E-state index in [1.54, 1.807) is 0 Å². The third kappa shape index (κ3) is 5.91. The molecule has 58 heavy (non-hydrogen) atoms. The van der Waals surface area contributed by atoms with Crippen molar-refractivity contribution in [2.24, 2.45) is 0 Å². The van der Waals surface area contributed by atoms with Crippen LogP contribution in [0.2, 0.25) is 0 Å². The average molecular weight is 737 g/mol. The Balaban J connectivity index is 1.03. The molecule has 10 aromatic carbocycles. The van der Waals surface area contributed by atoms with Gasteiger partial charge in [-0.25, -0.2) is 9.97 Å². The highest BCUT2D eigenvalue weighted by Crippen LogP contribution is 2.44. The zero-order chi connectivity index (χ0) is 38.4. The summed E-state index contributed by atoms with van der Waals surface area (Å²) in [5.41, 5.74) is 12.1. The number of nitrogens with zero attached hydrogens (tertiary/aromatic N) is 2. The molecule has 0 bridgehead atoms. The Bertz CT molecular complexity index is 3310. The summed E-state index contributed by atoms with van der Waals surface area (Å²) in [6.07, 6.45) is 0. The normalized spacial score (nSPS) is 11.4. The van der Waals surface area contributed by atoms with Crippen LogP contribution in [-0.4, -0.2) is 9.97 Å². The van der Waals surface area contributed by atoms with Crippen LogP contribution in [0.1, 0.15) is 0 Å². The molecule has 0 aliphatic heterocycles. The van der Waals surface area contributed by atoms with E-state index in [1.165, 1.54) is 65.3 Å². The fraction of sp³-hybridized carbons (Fsp3) is 0. The van der Waals surface area contributed by atoms with Gasteiger partial charge < -0.3 is 0 Å². The minimum Gasteiger partial charge on any atom is -0.228 e. The molecule has 0 fully saturated rings. The van der Waals surface area contributed by atoms with Crippen LogP contribution < -0.4 is 0 Å². The highest BCUT2D eigenvalue weighted by molar-refractivity contribution is 6.23. The molecule has 1 heterocycles. The molecule has 0 radical (unpaired) electrons. The number of hydrogen-bond acceptors (Lipinski definition) is 2. The van der Waals surface area contributed by atoms with Gasteiger partial charge in [0, 0.05) is 16.7 Å². The average Bonchev–Trinajstić information content (AvgIpc) is 3.31. The van der Waals surface area contributed by atoms with E-state index in [0.717, 1.165) is 39.2 Å². The molecule has 0 amide bonds. The lowest BCUT2D eigenvalue weighted by molar-refractivity contribution is 1.18. The van der Waals surface area contributed by atoms with Crippen molar-refractivity contribution in [1.82, 2.24) is 9.97 Å². The first-order chi connectivity index (χ1) is 28.7. The Morgan fingerprint density at radius 1 is 0.241 bits per heavy atom. The summed E-state index contributed by atoms with van der Waals surface area (Å²) < 4.78 is 0. The molecule has 0 saturated carbocycles. The molecule has 1 aromatic heterocycles. The van der Waals surface area contributed by atoms with Gasteiger partial charge in [-0.05, 0) is 94.7 Å². The molecule has 0 saturated heterocycles. The lowest BCUT2D eigenvalue weighted by Crippen LogP contribution is -1.96. The van der Waals surface area contributed by atoms with Crippen LogP contribution in [-0.2, 0) is 0 Å². The summed E-state index contributed by atoms with van der Waals surface area (Å²) in [6.45, 7) is 0. The predicted octanol–water partition coefficient (Wildman–Crippen LogP) is 15.1. The molecular weight excluding hydrogens is 701 g/mol. The quantitative estimate of drug-likeness (QED) is 0.125. The van der Waals surface area contributed by atoms with E-state index in [1.807, 2.05) is 12.1 Å². The van der Waals surface area contributed by atoms with Gasteiger partial charge in [-0.15, -0.1) is 0 Å². The van der Waals surface area contributed by atoms with Crippen molar-refractivity contribution in [1.29, 1.82) is 0 Å². The number of hydrogen-bond donors (Lipinski definition) is 0. The minimum absolute atomic E-state index is 0.698. The van der Waals surface area contributed by atoms with E-state index < -0.39 is 0 Å². The topological polar surface area (TPSA) is 25.8 Å². The molecular formula is C56H36N2. The second-order valence-corrected chi connectivity index (χ2v) is 14.9. The van der Waals surface area contributed by atoms with Gasteiger partial charge in [0.25, 0.3) is 0 Å². The van der Waals surface area contributed by atoms with Gasteiger partial charge in [-0.3, -0.25) is 0 Å². The molecule has 11 aromatic rings. The van der Waals surface area contributed by atoms with Gasteiger partial charge in [0.2, 0.25) is 0 Å². The molecule has 0 N–H and O–H groups in total. The van der Waals surface area contributed by atoms with Crippen molar-refractivity contribution >= 4 is 43.1 Å². The van der Waals surface area contributed by atoms with Gasteiger partial charge in [0.1, 0.15) is 0 Å². The second kappa shape index (κ2) is 14.1. The first kappa shape index (κ1) is 33.6. The van der Waals surface area contributed by atoms with Crippen LogP contribution in [0.25, 0.3) is 110 Å². The van der Waals surface area contributed by atoms with E-state index in [4.69, 9.17) is 9.97 Å². The smallest absolute Gasteiger partial charge is 0.160 e. The molecule has 0 unspecified atom stereocenters. The standard InChI is InChI=1S/C56H36N2/c1-3-14-37(15-4-1)42-20-13-21-44(34-42)54-36-53(40-17-5-2-6-18-40)57-56(58-54)41-28-26-39(27-29-41)46-32-33-50(49-25-12-11-24-48(46)49)55-47-23-10-8-19-43(47)35-52-45-22-9-7-16-38(45)30-31-51(52)55/h1-36H. The Morgan fingerprint density at radius 2 is 0.793 bits per heavy atom. The molecule has 0 spiro atoms. The Labute approximate surface area is 337 Å². The molecule has 0 aliphatic rings. The lowest BCUT2D eigenvalue weighted by Gasteiger charge is -2.17. The van der Waals surface area contributed by atoms with Gasteiger partial charge in [-0.1, -0.05) is 200 Å². The van der Waals surface area contributed by atoms with Crippen molar-refractivity contribution in [3.05, 3.63) is 218 Å². The molecule has 11 rings (SSSR count). The van der Waals surface area contributed by atoms with Gasteiger partial charge >= 0.3 is 0 Å². The summed E-state index contributed by atoms with van der Waals surface area (Å²) in [5.74, 6) is 0.698. The minimum atomic E-state index is 0.698. The van der Waals surface area contributed by atoms with Crippen LogP contribution >= 0.6 is 0 Å². The first-order valence-electron chi connectivity index (χ1n) is 19.8. The maximum Gasteiger partial charge on any atom is 0.160 e. The molecule has 0 atom stereocenters. The maximum absolute atomic E-state index is 5.19. The highest BCUT2D eigenvalue weighted by Gasteiger charge is 2.17. The Kier molecular flexibility index (Phi) is 8.19. The zero-order valence-electron chi connectivity index (χ0n) is 31.7. The van der Waals surface area contributed by atoms with E-state index >= 15 is 0 Å². The number of rotatable bonds is 6. The summed E-state index contributed by atoms with van der Waals surface area (Å²) >= 11 is 0. The van der Waals surface area contributed by atoms with E-state index in [0.29, 0.717) is 5.82 Å². The van der Waals surface area contributed by atoms with Gasteiger partial charge in [-0.2, -0.15) is 0 Å². The molecule has 2 heteroatoms. The van der Waals surface area contributed by atoms with Crippen LogP contribution in [0, 0.1) is 0 Å². The lowest BCUT2D eigenvalue weighted by atomic mass is 9.86. The Hall–Kier alpha value is -7.68. The molecule has 270 valence electrons. The van der Waals surface area contributed by atoms with Gasteiger partial charge in [0.15, 0.2) is 5.82 Å². The van der Waals surface area contributed by atoms with E-state index in [9.17, 15) is 0 Å². The van der Waals surface area contributed by atoms with Crippen molar-refractivity contribution in [2.45, 2.75) is 0 Å². The monoisotopic (exact) mass is 736 g/mol. The van der Waals surface area contributed by atoms with Crippen LogP contribution in [0.3, 0.4) is 0 Å². The maximum atomic E-state index is 5.19. The van der Waals surface area contributed by atoms with Crippen molar-refractivity contribution in [2.75, 3.05) is 0 Å². The summed E-state index contributed by atoms with van der Waals surface area (Å²) in [4.78, 5) is 10.3. The highest BCUT2D eigenvalue weighted by atomic mass is 14.9. The molecule has 0 aliphatic carbocycles. The van der Waals surface area contributed by atoms with Crippen LogP contribution in [0.5, 0.6) is 0 Å². The van der Waals surface area contributed by atoms with Crippen LogP contribution in [0.15, 0.2) is 218 Å². The first-order valence-corrected chi connectivity index (χ1v) is 19.8. The predicted molar refractivity (Wildman–Crippen MR) is 245 cm³/mol. The summed E-state index contributed by atoms with van der Waals surface area (Å²) in [7, 11) is 0. The van der Waals surface area contributed by atoms with E-state index in [-0.39, 0.29) is 0 Å². The van der Waals surface area contributed by atoms with Crippen LogP contribution in [0.4, 0.5) is 0 Å². The number of benzene rings is 10. The Morgan fingerprint density at radius 3 is 1.55 bits per heavy atom. The number of fused-ring (bicyclic) bond motifs is 5. The largest absolute Gasteiger partial charge is 0.228 e. The van der Waals surface area contributed by atoms with Crippen molar-refractivity contribution in [3.8, 4) is 67.3 Å². The summed E-state index contributed by atoms with van der Waals surface area (Å²) in [5, 5.41) is 10.0. The van der Waals surface area contributed by atoms with Crippen molar-refractivity contribution < 1.29 is 0 Å². The van der Waals surface area contributed by atoms with Gasteiger partial charge in [0.05, 0.1) is 11.4 Å². The SMILES string of the molecule is c1ccc(-c2cccc(-c3cc(-c4ccccc4)nc(-c4ccc(-c5ccc(-c6c7ccccc7cc7c6ccc6ccccc67)c6ccccc56)cc4)n3)c2)cc1. The summed E-state index contributed by atoms with van der Waals surface area (Å²) in [6, 6.07) is 78.2. The molecule has 2 nitrogen and oxygen atoms in total. The van der Waals surface area contributed by atoms with Crippen molar-refractivity contribution in [3.63, 3.8) is 0 Å². The third-order valence-corrected chi connectivity index (χ3v) is 11.5. The number of aromatic nitrogens is 2. The third-order valence-electron chi connectivity index (χ3n) is 11.5.